The molecule has 0 fully saturated rings. The number of hydrogen-bond donors (Lipinski definition) is 1. The molecule has 2 nitrogen and oxygen atoms in total. The van der Waals surface area contributed by atoms with Crippen LogP contribution >= 0.6 is 0 Å². The van der Waals surface area contributed by atoms with Crippen LogP contribution in [0.2, 0.25) is 0 Å². The molecule has 1 aliphatic rings. The Kier molecular flexibility index (Phi) is 2.81. The van der Waals surface area contributed by atoms with E-state index < -0.39 is 0 Å². The Balaban J connectivity index is 2.19. The van der Waals surface area contributed by atoms with Gasteiger partial charge < -0.3 is 5.73 Å². The highest BCUT2D eigenvalue weighted by atomic mass is 15.2. The van der Waals surface area contributed by atoms with Crippen LogP contribution in [0.1, 0.15) is 31.4 Å². The van der Waals surface area contributed by atoms with E-state index in [1.165, 1.54) is 11.1 Å². The fourth-order valence-electron chi connectivity index (χ4n) is 2.21. The van der Waals surface area contributed by atoms with Gasteiger partial charge in [-0.1, -0.05) is 31.2 Å². The van der Waals surface area contributed by atoms with E-state index in [0.717, 1.165) is 26.1 Å². The van der Waals surface area contributed by atoms with Gasteiger partial charge in [0.1, 0.15) is 0 Å². The summed E-state index contributed by atoms with van der Waals surface area (Å²) in [6.45, 7) is 7.32. The molecular formula is C13H20N2. The lowest BCUT2D eigenvalue weighted by atomic mass is 9.97. The fourth-order valence-corrected chi connectivity index (χ4v) is 2.21. The molecule has 0 radical (unpaired) electrons. The predicted molar refractivity (Wildman–Crippen MR) is 63.4 cm³/mol. The molecule has 15 heavy (non-hydrogen) atoms. The third-order valence-corrected chi connectivity index (χ3v) is 3.81. The van der Waals surface area contributed by atoms with Crippen LogP contribution < -0.4 is 5.73 Å². The molecule has 0 spiro atoms. The average Bonchev–Trinajstić information content (AvgIpc) is 2.72. The third-order valence-electron chi connectivity index (χ3n) is 3.81. The van der Waals surface area contributed by atoms with Crippen molar-refractivity contribution in [3.05, 3.63) is 35.4 Å². The quantitative estimate of drug-likeness (QED) is 0.817. The Morgan fingerprint density at radius 2 is 1.80 bits per heavy atom. The first-order valence-electron chi connectivity index (χ1n) is 5.71. The van der Waals surface area contributed by atoms with Gasteiger partial charge in [0.15, 0.2) is 0 Å². The Bertz CT molecular complexity index is 317. The van der Waals surface area contributed by atoms with Crippen molar-refractivity contribution in [3.8, 4) is 0 Å². The van der Waals surface area contributed by atoms with Crippen molar-refractivity contribution < 1.29 is 0 Å². The van der Waals surface area contributed by atoms with Gasteiger partial charge in [0.2, 0.25) is 0 Å². The summed E-state index contributed by atoms with van der Waals surface area (Å²) in [4.78, 5) is 2.50. The van der Waals surface area contributed by atoms with Gasteiger partial charge in [-0.05, 0) is 24.5 Å². The molecule has 2 heteroatoms. The molecule has 2 rings (SSSR count). The highest BCUT2D eigenvalue weighted by molar-refractivity contribution is 5.30. The normalized spacial score (nSPS) is 19.9. The maximum atomic E-state index is 5.89. The summed E-state index contributed by atoms with van der Waals surface area (Å²) >= 11 is 0. The summed E-state index contributed by atoms with van der Waals surface area (Å²) in [5.41, 5.74) is 8.97. The number of rotatable bonds is 3. The molecule has 82 valence electrons. The van der Waals surface area contributed by atoms with Crippen LogP contribution in [-0.4, -0.2) is 17.0 Å². The number of nitrogens with zero attached hydrogens (tertiary/aromatic N) is 1. The topological polar surface area (TPSA) is 29.3 Å². The van der Waals surface area contributed by atoms with Crippen LogP contribution in [0.4, 0.5) is 0 Å². The first-order chi connectivity index (χ1) is 7.19. The van der Waals surface area contributed by atoms with Crippen LogP contribution in [0, 0.1) is 0 Å². The molecule has 1 aromatic rings. The lowest BCUT2D eigenvalue weighted by Crippen LogP contribution is -2.48. The first-order valence-corrected chi connectivity index (χ1v) is 5.71. The van der Waals surface area contributed by atoms with Gasteiger partial charge in [0.05, 0.1) is 0 Å². The largest absolute Gasteiger partial charge is 0.329 e. The molecule has 0 amide bonds. The van der Waals surface area contributed by atoms with E-state index in [9.17, 15) is 0 Å². The number of nitrogens with two attached hydrogens (primary N) is 1. The summed E-state index contributed by atoms with van der Waals surface area (Å²) in [5, 5.41) is 0. The molecule has 0 aliphatic carbocycles. The number of fused-ring (bicyclic) bond motifs is 1. The van der Waals surface area contributed by atoms with Crippen molar-refractivity contribution in [2.45, 2.75) is 38.9 Å². The zero-order valence-corrected chi connectivity index (χ0v) is 9.66. The zero-order valence-electron chi connectivity index (χ0n) is 9.66. The number of benzene rings is 1. The van der Waals surface area contributed by atoms with E-state index in [0.29, 0.717) is 0 Å². The van der Waals surface area contributed by atoms with E-state index in [2.05, 4.69) is 43.0 Å². The van der Waals surface area contributed by atoms with Crippen molar-refractivity contribution in [1.82, 2.24) is 4.90 Å². The van der Waals surface area contributed by atoms with Crippen molar-refractivity contribution >= 4 is 0 Å². The molecular weight excluding hydrogens is 184 g/mol. The Morgan fingerprint density at radius 1 is 1.27 bits per heavy atom. The monoisotopic (exact) mass is 204 g/mol. The van der Waals surface area contributed by atoms with Crippen molar-refractivity contribution in [2.24, 2.45) is 5.73 Å². The van der Waals surface area contributed by atoms with Gasteiger partial charge in [-0.25, -0.2) is 0 Å². The molecule has 1 heterocycles. The molecule has 0 aromatic heterocycles. The van der Waals surface area contributed by atoms with Crippen LogP contribution in [0.25, 0.3) is 0 Å². The summed E-state index contributed by atoms with van der Waals surface area (Å²) in [6, 6.07) is 8.69. The zero-order chi connectivity index (χ0) is 10.9. The van der Waals surface area contributed by atoms with Gasteiger partial charge in [-0.2, -0.15) is 0 Å². The Hall–Kier alpha value is -0.860. The molecule has 1 aliphatic heterocycles. The lowest BCUT2D eigenvalue weighted by molar-refractivity contribution is 0.104. The smallest absolute Gasteiger partial charge is 0.0308 e. The predicted octanol–water partition coefficient (Wildman–Crippen LogP) is 2.13. The van der Waals surface area contributed by atoms with Crippen LogP contribution in [0.5, 0.6) is 0 Å². The molecule has 1 aromatic carbocycles. The highest BCUT2D eigenvalue weighted by Crippen LogP contribution is 2.30. The van der Waals surface area contributed by atoms with Gasteiger partial charge >= 0.3 is 0 Å². The number of hydrogen-bond acceptors (Lipinski definition) is 2. The Morgan fingerprint density at radius 3 is 2.20 bits per heavy atom. The van der Waals surface area contributed by atoms with Crippen molar-refractivity contribution in [1.29, 1.82) is 0 Å². The maximum Gasteiger partial charge on any atom is 0.0308 e. The second-order valence-electron chi connectivity index (χ2n) is 4.68. The van der Waals surface area contributed by atoms with E-state index in [4.69, 9.17) is 5.73 Å². The molecule has 1 unspecified atom stereocenters. The van der Waals surface area contributed by atoms with Crippen molar-refractivity contribution in [2.75, 3.05) is 6.54 Å². The minimum absolute atomic E-state index is 0.152. The van der Waals surface area contributed by atoms with Crippen LogP contribution in [0.15, 0.2) is 24.3 Å². The molecule has 1 atom stereocenters. The summed E-state index contributed by atoms with van der Waals surface area (Å²) in [7, 11) is 0. The molecule has 2 N–H and O–H groups in total. The minimum atomic E-state index is 0.152. The Labute approximate surface area is 92.1 Å². The second kappa shape index (κ2) is 3.95. The standard InChI is InChI=1S/C13H20N2/c1-3-13(2,10-14)15-8-11-6-4-5-7-12(11)9-15/h4-7H,3,8-10,14H2,1-2H3. The molecule has 0 saturated heterocycles. The van der Waals surface area contributed by atoms with Crippen LogP contribution in [-0.2, 0) is 13.1 Å². The fraction of sp³-hybridized carbons (Fsp3) is 0.538. The summed E-state index contributed by atoms with van der Waals surface area (Å²) in [5.74, 6) is 0. The van der Waals surface area contributed by atoms with Gasteiger partial charge in [-0.15, -0.1) is 0 Å². The average molecular weight is 204 g/mol. The SMILES string of the molecule is CCC(C)(CN)N1Cc2ccccc2C1. The lowest BCUT2D eigenvalue weighted by Gasteiger charge is -2.37. The van der Waals surface area contributed by atoms with Crippen molar-refractivity contribution in [3.63, 3.8) is 0 Å². The van der Waals surface area contributed by atoms with Crippen LogP contribution in [0.3, 0.4) is 0 Å². The van der Waals surface area contributed by atoms with E-state index in [1.54, 1.807) is 0 Å². The van der Waals surface area contributed by atoms with Gasteiger partial charge in [-0.3, -0.25) is 4.90 Å². The molecule has 0 bridgehead atoms. The second-order valence-corrected chi connectivity index (χ2v) is 4.68. The highest BCUT2D eigenvalue weighted by Gasteiger charge is 2.32. The molecule has 0 saturated carbocycles. The maximum absolute atomic E-state index is 5.89. The van der Waals surface area contributed by atoms with E-state index in [-0.39, 0.29) is 5.54 Å². The van der Waals surface area contributed by atoms with Gasteiger partial charge in [0.25, 0.3) is 0 Å². The van der Waals surface area contributed by atoms with E-state index in [1.807, 2.05) is 0 Å². The minimum Gasteiger partial charge on any atom is -0.329 e. The van der Waals surface area contributed by atoms with E-state index >= 15 is 0 Å². The summed E-state index contributed by atoms with van der Waals surface area (Å²) in [6.07, 6.45) is 1.11. The first kappa shape index (κ1) is 10.7. The van der Waals surface area contributed by atoms with Gasteiger partial charge in [0, 0.05) is 25.2 Å². The summed E-state index contributed by atoms with van der Waals surface area (Å²) < 4.78 is 0. The third kappa shape index (κ3) is 1.80.